The van der Waals surface area contributed by atoms with E-state index in [0.717, 1.165) is 51.6 Å². The third kappa shape index (κ3) is 4.94. The average molecular weight is 295 g/mol. The Kier molecular flexibility index (Phi) is 5.49. The molecule has 0 aromatic heterocycles. The van der Waals surface area contributed by atoms with Gasteiger partial charge in [-0.2, -0.15) is 0 Å². The molecule has 1 atom stereocenters. The van der Waals surface area contributed by atoms with Gasteiger partial charge in [0.25, 0.3) is 0 Å². The quantitative estimate of drug-likeness (QED) is 0.759. The van der Waals surface area contributed by atoms with E-state index in [1.165, 1.54) is 25.7 Å². The third-order valence-electron chi connectivity index (χ3n) is 4.89. The fourth-order valence-corrected chi connectivity index (χ4v) is 3.49. The zero-order chi connectivity index (χ0) is 14.5. The van der Waals surface area contributed by atoms with Gasteiger partial charge in [0.05, 0.1) is 6.54 Å². The Balaban J connectivity index is 1.44. The number of hydrogen-bond acceptors (Lipinski definition) is 4. The van der Waals surface area contributed by atoms with Crippen molar-refractivity contribution in [1.82, 2.24) is 15.5 Å². The molecule has 2 aliphatic heterocycles. The molecule has 0 bridgehead atoms. The average Bonchev–Trinajstić information content (AvgIpc) is 3.33. The molecule has 2 saturated heterocycles. The number of rotatable bonds is 6. The van der Waals surface area contributed by atoms with Crippen LogP contribution in [0, 0.1) is 5.92 Å². The highest BCUT2D eigenvalue weighted by Gasteiger charge is 2.32. The van der Waals surface area contributed by atoms with Crippen molar-refractivity contribution in [2.45, 2.75) is 50.6 Å². The number of amides is 1. The summed E-state index contributed by atoms with van der Waals surface area (Å²) in [7, 11) is 0. The number of carbonyl (C=O) groups excluding carboxylic acids is 1. The van der Waals surface area contributed by atoms with Crippen molar-refractivity contribution in [2.75, 3.05) is 39.4 Å². The molecule has 1 unspecified atom stereocenters. The molecule has 0 aromatic carbocycles. The number of nitrogens with zero attached hydrogens (tertiary/aromatic N) is 1. The predicted molar refractivity (Wildman–Crippen MR) is 82.2 cm³/mol. The molecule has 1 amide bonds. The smallest absolute Gasteiger partial charge is 0.234 e. The molecular weight excluding hydrogens is 266 g/mol. The Morgan fingerprint density at radius 3 is 2.67 bits per heavy atom. The summed E-state index contributed by atoms with van der Waals surface area (Å²) in [5.41, 5.74) is 0. The summed E-state index contributed by atoms with van der Waals surface area (Å²) in [5.74, 6) is 0.924. The van der Waals surface area contributed by atoms with Crippen LogP contribution in [0.3, 0.4) is 0 Å². The van der Waals surface area contributed by atoms with Crippen molar-refractivity contribution in [3.63, 3.8) is 0 Å². The Morgan fingerprint density at radius 2 is 2.00 bits per heavy atom. The van der Waals surface area contributed by atoms with Gasteiger partial charge in [0.15, 0.2) is 0 Å². The maximum absolute atomic E-state index is 12.3. The summed E-state index contributed by atoms with van der Waals surface area (Å²) in [4.78, 5) is 14.7. The minimum Gasteiger partial charge on any atom is -0.381 e. The molecule has 3 fully saturated rings. The molecule has 1 aliphatic carbocycles. The standard InChI is InChI=1S/C16H29N3O2/c20-16(18-14-5-8-21-9-6-14)12-19(15-3-4-15)11-13-2-1-7-17-10-13/h13-15,17H,1-12H2,(H,18,20). The normalized spacial score (nSPS) is 27.8. The summed E-state index contributed by atoms with van der Waals surface area (Å²) in [6, 6.07) is 0.982. The summed E-state index contributed by atoms with van der Waals surface area (Å²) in [5, 5.41) is 6.67. The first kappa shape index (κ1) is 15.3. The first-order valence-corrected chi connectivity index (χ1v) is 8.63. The molecular formula is C16H29N3O2. The van der Waals surface area contributed by atoms with Crippen LogP contribution in [-0.2, 0) is 9.53 Å². The topological polar surface area (TPSA) is 53.6 Å². The Labute approximate surface area is 127 Å². The first-order chi connectivity index (χ1) is 10.3. The molecule has 5 nitrogen and oxygen atoms in total. The highest BCUT2D eigenvalue weighted by atomic mass is 16.5. The van der Waals surface area contributed by atoms with Crippen LogP contribution in [0.5, 0.6) is 0 Å². The van der Waals surface area contributed by atoms with Crippen LogP contribution in [0.2, 0.25) is 0 Å². The van der Waals surface area contributed by atoms with Gasteiger partial charge in [-0.25, -0.2) is 0 Å². The lowest BCUT2D eigenvalue weighted by atomic mass is 9.99. The number of piperidine rings is 1. The number of nitrogens with one attached hydrogen (secondary N) is 2. The molecule has 3 rings (SSSR count). The second-order valence-electron chi connectivity index (χ2n) is 6.83. The third-order valence-corrected chi connectivity index (χ3v) is 4.89. The number of ether oxygens (including phenoxy) is 1. The minimum atomic E-state index is 0.206. The maximum atomic E-state index is 12.3. The van der Waals surface area contributed by atoms with Crippen LogP contribution < -0.4 is 10.6 Å². The fourth-order valence-electron chi connectivity index (χ4n) is 3.49. The lowest BCUT2D eigenvalue weighted by molar-refractivity contribution is -0.123. The van der Waals surface area contributed by atoms with Crippen molar-refractivity contribution in [1.29, 1.82) is 0 Å². The number of hydrogen-bond donors (Lipinski definition) is 2. The van der Waals surface area contributed by atoms with Gasteiger partial charge in [0, 0.05) is 31.8 Å². The van der Waals surface area contributed by atoms with E-state index < -0.39 is 0 Å². The summed E-state index contributed by atoms with van der Waals surface area (Å²) in [6.45, 7) is 5.50. The Morgan fingerprint density at radius 1 is 1.19 bits per heavy atom. The molecule has 21 heavy (non-hydrogen) atoms. The van der Waals surface area contributed by atoms with Crippen LogP contribution in [0.4, 0.5) is 0 Å². The molecule has 1 saturated carbocycles. The second kappa shape index (κ2) is 7.56. The largest absolute Gasteiger partial charge is 0.381 e. The maximum Gasteiger partial charge on any atom is 0.234 e. The monoisotopic (exact) mass is 295 g/mol. The molecule has 2 heterocycles. The summed E-state index contributed by atoms with van der Waals surface area (Å²) >= 11 is 0. The lowest BCUT2D eigenvalue weighted by Crippen LogP contribution is -2.47. The number of carbonyl (C=O) groups is 1. The summed E-state index contributed by atoms with van der Waals surface area (Å²) in [6.07, 6.45) is 7.04. The van der Waals surface area contributed by atoms with Gasteiger partial charge in [-0.3, -0.25) is 9.69 Å². The van der Waals surface area contributed by atoms with Crippen LogP contribution in [0.1, 0.15) is 38.5 Å². The van der Waals surface area contributed by atoms with Gasteiger partial charge in [0.2, 0.25) is 5.91 Å². The highest BCUT2D eigenvalue weighted by Crippen LogP contribution is 2.28. The van der Waals surface area contributed by atoms with Crippen molar-refractivity contribution >= 4 is 5.91 Å². The highest BCUT2D eigenvalue weighted by molar-refractivity contribution is 5.78. The zero-order valence-electron chi connectivity index (χ0n) is 13.0. The zero-order valence-corrected chi connectivity index (χ0v) is 13.0. The van der Waals surface area contributed by atoms with E-state index in [1.807, 2.05) is 0 Å². The lowest BCUT2D eigenvalue weighted by Gasteiger charge is -2.30. The van der Waals surface area contributed by atoms with E-state index in [9.17, 15) is 4.79 Å². The van der Waals surface area contributed by atoms with E-state index in [-0.39, 0.29) is 5.91 Å². The molecule has 0 aromatic rings. The fraction of sp³-hybridized carbons (Fsp3) is 0.938. The predicted octanol–water partition coefficient (Wildman–Crippen LogP) is 0.746. The molecule has 0 spiro atoms. The van der Waals surface area contributed by atoms with Crippen molar-refractivity contribution < 1.29 is 9.53 Å². The van der Waals surface area contributed by atoms with E-state index in [4.69, 9.17) is 4.74 Å². The minimum absolute atomic E-state index is 0.206. The van der Waals surface area contributed by atoms with Crippen LogP contribution in [0.25, 0.3) is 0 Å². The molecule has 3 aliphatic rings. The molecule has 120 valence electrons. The van der Waals surface area contributed by atoms with Gasteiger partial charge >= 0.3 is 0 Å². The molecule has 0 radical (unpaired) electrons. The van der Waals surface area contributed by atoms with Gasteiger partial charge in [-0.15, -0.1) is 0 Å². The van der Waals surface area contributed by atoms with Crippen LogP contribution >= 0.6 is 0 Å². The van der Waals surface area contributed by atoms with Crippen molar-refractivity contribution in [3.05, 3.63) is 0 Å². The van der Waals surface area contributed by atoms with Crippen LogP contribution in [-0.4, -0.2) is 62.3 Å². The van der Waals surface area contributed by atoms with E-state index in [2.05, 4.69) is 15.5 Å². The second-order valence-corrected chi connectivity index (χ2v) is 6.83. The van der Waals surface area contributed by atoms with E-state index in [0.29, 0.717) is 18.6 Å². The van der Waals surface area contributed by atoms with Gasteiger partial charge in [-0.05, 0) is 57.5 Å². The van der Waals surface area contributed by atoms with Crippen LogP contribution in [0.15, 0.2) is 0 Å². The van der Waals surface area contributed by atoms with E-state index in [1.54, 1.807) is 0 Å². The summed E-state index contributed by atoms with van der Waals surface area (Å²) < 4.78 is 5.34. The van der Waals surface area contributed by atoms with Gasteiger partial charge < -0.3 is 15.4 Å². The molecule has 5 heteroatoms. The van der Waals surface area contributed by atoms with Gasteiger partial charge in [-0.1, -0.05) is 0 Å². The Hall–Kier alpha value is -0.650. The Bertz CT molecular complexity index is 334. The molecule has 2 N–H and O–H groups in total. The first-order valence-electron chi connectivity index (χ1n) is 8.63. The van der Waals surface area contributed by atoms with Gasteiger partial charge in [0.1, 0.15) is 0 Å². The van der Waals surface area contributed by atoms with Crippen molar-refractivity contribution in [3.8, 4) is 0 Å². The van der Waals surface area contributed by atoms with Crippen molar-refractivity contribution in [2.24, 2.45) is 5.92 Å². The SMILES string of the molecule is O=C(CN(CC1CCCNC1)C1CC1)NC1CCOCC1. The van der Waals surface area contributed by atoms with E-state index >= 15 is 0 Å².